The van der Waals surface area contributed by atoms with Crippen LogP contribution in [-0.4, -0.2) is 35.0 Å². The number of hydrogen-bond donors (Lipinski definition) is 1. The van der Waals surface area contributed by atoms with Gasteiger partial charge in [-0.15, -0.1) is 0 Å². The lowest BCUT2D eigenvalue weighted by molar-refractivity contribution is 0.182. The highest BCUT2D eigenvalue weighted by Crippen LogP contribution is 1.93. The van der Waals surface area contributed by atoms with Crippen molar-refractivity contribution in [2.24, 2.45) is 0 Å². The molecular formula is C8H16N4O. The summed E-state index contributed by atoms with van der Waals surface area (Å²) in [7, 11) is 1.68. The second-order valence-corrected chi connectivity index (χ2v) is 2.67. The molecule has 0 aromatic carbocycles. The summed E-state index contributed by atoms with van der Waals surface area (Å²) in [5.74, 6) is 0.957. The van der Waals surface area contributed by atoms with Crippen LogP contribution in [0.15, 0.2) is 6.33 Å². The topological polar surface area (TPSA) is 52.0 Å². The average molecular weight is 184 g/mol. The van der Waals surface area contributed by atoms with Crippen molar-refractivity contribution >= 4 is 0 Å². The molecule has 0 aliphatic rings. The van der Waals surface area contributed by atoms with Gasteiger partial charge in [0, 0.05) is 7.11 Å². The Kier molecular flexibility index (Phi) is 4.42. The van der Waals surface area contributed by atoms with Gasteiger partial charge in [-0.2, -0.15) is 5.10 Å². The quantitative estimate of drug-likeness (QED) is 0.678. The zero-order valence-corrected chi connectivity index (χ0v) is 8.16. The summed E-state index contributed by atoms with van der Waals surface area (Å²) in [5.41, 5.74) is 0. The normalized spacial score (nSPS) is 10.6. The molecule has 0 saturated carbocycles. The van der Waals surface area contributed by atoms with Gasteiger partial charge in [-0.3, -0.25) is 0 Å². The molecule has 0 radical (unpaired) electrons. The van der Waals surface area contributed by atoms with Crippen LogP contribution in [0.1, 0.15) is 12.7 Å². The van der Waals surface area contributed by atoms with Gasteiger partial charge < -0.3 is 10.1 Å². The van der Waals surface area contributed by atoms with Crippen LogP contribution in [0.2, 0.25) is 0 Å². The van der Waals surface area contributed by atoms with Gasteiger partial charge in [0.05, 0.1) is 19.7 Å². The van der Waals surface area contributed by atoms with E-state index in [0.29, 0.717) is 6.61 Å². The van der Waals surface area contributed by atoms with Crippen molar-refractivity contribution < 1.29 is 4.74 Å². The van der Waals surface area contributed by atoms with Crippen molar-refractivity contribution in [3.05, 3.63) is 12.2 Å². The van der Waals surface area contributed by atoms with E-state index >= 15 is 0 Å². The minimum Gasteiger partial charge on any atom is -0.383 e. The molecule has 0 spiro atoms. The molecule has 0 atom stereocenters. The van der Waals surface area contributed by atoms with E-state index in [1.54, 1.807) is 13.4 Å². The minimum atomic E-state index is 0.669. The molecule has 0 fully saturated rings. The van der Waals surface area contributed by atoms with E-state index in [-0.39, 0.29) is 0 Å². The Morgan fingerprint density at radius 1 is 1.62 bits per heavy atom. The van der Waals surface area contributed by atoms with Crippen LogP contribution in [-0.2, 0) is 17.8 Å². The SMILES string of the molecule is CCNCc1ncnn1CCOC. The highest BCUT2D eigenvalue weighted by atomic mass is 16.5. The number of ether oxygens (including phenoxy) is 1. The standard InChI is InChI=1S/C8H16N4O/c1-3-9-6-8-10-7-11-12(8)4-5-13-2/h7,9H,3-6H2,1-2H3. The minimum absolute atomic E-state index is 0.669. The molecule has 0 amide bonds. The van der Waals surface area contributed by atoms with Crippen LogP contribution in [0, 0.1) is 0 Å². The van der Waals surface area contributed by atoms with Crippen molar-refractivity contribution in [3.8, 4) is 0 Å². The van der Waals surface area contributed by atoms with Gasteiger partial charge in [0.2, 0.25) is 0 Å². The largest absolute Gasteiger partial charge is 0.383 e. The highest BCUT2D eigenvalue weighted by molar-refractivity contribution is 4.83. The molecule has 5 nitrogen and oxygen atoms in total. The van der Waals surface area contributed by atoms with E-state index < -0.39 is 0 Å². The fraction of sp³-hybridized carbons (Fsp3) is 0.750. The predicted octanol–water partition coefficient (Wildman–Crippen LogP) is 0.0340. The summed E-state index contributed by atoms with van der Waals surface area (Å²) in [6, 6.07) is 0. The maximum absolute atomic E-state index is 4.97. The molecule has 0 unspecified atom stereocenters. The number of nitrogens with zero attached hydrogens (tertiary/aromatic N) is 3. The smallest absolute Gasteiger partial charge is 0.140 e. The summed E-state index contributed by atoms with van der Waals surface area (Å²) >= 11 is 0. The van der Waals surface area contributed by atoms with E-state index in [2.05, 4.69) is 22.3 Å². The molecule has 1 aromatic heterocycles. The number of aromatic nitrogens is 3. The van der Waals surface area contributed by atoms with Gasteiger partial charge in [-0.1, -0.05) is 6.92 Å². The zero-order chi connectivity index (χ0) is 9.52. The lowest BCUT2D eigenvalue weighted by atomic mass is 10.5. The van der Waals surface area contributed by atoms with Gasteiger partial charge in [0.15, 0.2) is 0 Å². The van der Waals surface area contributed by atoms with Crippen LogP contribution in [0.25, 0.3) is 0 Å². The molecular weight excluding hydrogens is 168 g/mol. The summed E-state index contributed by atoms with van der Waals surface area (Å²) < 4.78 is 6.82. The van der Waals surface area contributed by atoms with Gasteiger partial charge in [0.25, 0.3) is 0 Å². The fourth-order valence-electron chi connectivity index (χ4n) is 1.03. The van der Waals surface area contributed by atoms with Crippen molar-refractivity contribution in [2.45, 2.75) is 20.0 Å². The molecule has 0 aliphatic heterocycles. The molecule has 5 heteroatoms. The first-order chi connectivity index (χ1) is 6.38. The first-order valence-corrected chi connectivity index (χ1v) is 4.44. The lowest BCUT2D eigenvalue weighted by Crippen LogP contribution is -2.18. The van der Waals surface area contributed by atoms with Crippen molar-refractivity contribution in [3.63, 3.8) is 0 Å². The van der Waals surface area contributed by atoms with Crippen molar-refractivity contribution in [1.82, 2.24) is 20.1 Å². The Bertz CT molecular complexity index is 213. The lowest BCUT2D eigenvalue weighted by Gasteiger charge is -2.04. The molecule has 0 bridgehead atoms. The number of rotatable bonds is 6. The van der Waals surface area contributed by atoms with E-state index in [0.717, 1.165) is 25.5 Å². The third-order valence-electron chi connectivity index (χ3n) is 1.74. The first kappa shape index (κ1) is 10.1. The van der Waals surface area contributed by atoms with Gasteiger partial charge in [-0.25, -0.2) is 9.67 Å². The summed E-state index contributed by atoms with van der Waals surface area (Å²) in [5, 5.41) is 7.30. The first-order valence-electron chi connectivity index (χ1n) is 4.44. The van der Waals surface area contributed by atoms with Crippen LogP contribution >= 0.6 is 0 Å². The van der Waals surface area contributed by atoms with Crippen LogP contribution < -0.4 is 5.32 Å². The second kappa shape index (κ2) is 5.66. The Hall–Kier alpha value is -0.940. The molecule has 0 aliphatic carbocycles. The third-order valence-corrected chi connectivity index (χ3v) is 1.74. The van der Waals surface area contributed by atoms with Gasteiger partial charge in [0.1, 0.15) is 12.2 Å². The Morgan fingerprint density at radius 2 is 2.46 bits per heavy atom. The van der Waals surface area contributed by atoms with Crippen LogP contribution in [0.4, 0.5) is 0 Å². The highest BCUT2D eigenvalue weighted by Gasteiger charge is 2.01. The second-order valence-electron chi connectivity index (χ2n) is 2.67. The molecule has 1 aromatic rings. The van der Waals surface area contributed by atoms with Crippen LogP contribution in [0.5, 0.6) is 0 Å². The molecule has 74 valence electrons. The average Bonchev–Trinajstić information content (AvgIpc) is 2.59. The summed E-state index contributed by atoms with van der Waals surface area (Å²) in [4.78, 5) is 4.14. The Balaban J connectivity index is 2.45. The summed E-state index contributed by atoms with van der Waals surface area (Å²) in [6.07, 6.45) is 1.57. The van der Waals surface area contributed by atoms with E-state index in [1.807, 2.05) is 4.68 Å². The monoisotopic (exact) mass is 184 g/mol. The van der Waals surface area contributed by atoms with E-state index in [9.17, 15) is 0 Å². The molecule has 13 heavy (non-hydrogen) atoms. The fourth-order valence-corrected chi connectivity index (χ4v) is 1.03. The molecule has 0 saturated heterocycles. The van der Waals surface area contributed by atoms with Crippen molar-refractivity contribution in [1.29, 1.82) is 0 Å². The van der Waals surface area contributed by atoms with E-state index in [1.165, 1.54) is 0 Å². The molecule has 1 rings (SSSR count). The number of nitrogens with one attached hydrogen (secondary N) is 1. The Morgan fingerprint density at radius 3 is 3.15 bits per heavy atom. The zero-order valence-electron chi connectivity index (χ0n) is 8.16. The summed E-state index contributed by atoms with van der Waals surface area (Å²) in [6.45, 7) is 5.20. The number of methoxy groups -OCH3 is 1. The third kappa shape index (κ3) is 3.12. The molecule has 1 N–H and O–H groups in total. The number of hydrogen-bond acceptors (Lipinski definition) is 4. The predicted molar refractivity (Wildman–Crippen MR) is 49.3 cm³/mol. The van der Waals surface area contributed by atoms with Gasteiger partial charge in [-0.05, 0) is 6.54 Å². The van der Waals surface area contributed by atoms with Gasteiger partial charge >= 0.3 is 0 Å². The maximum atomic E-state index is 4.97. The van der Waals surface area contributed by atoms with E-state index in [4.69, 9.17) is 4.74 Å². The maximum Gasteiger partial charge on any atom is 0.140 e. The van der Waals surface area contributed by atoms with Crippen LogP contribution in [0.3, 0.4) is 0 Å². The Labute approximate surface area is 78.1 Å². The molecule has 1 heterocycles. The van der Waals surface area contributed by atoms with Crippen molar-refractivity contribution in [2.75, 3.05) is 20.3 Å².